The minimum atomic E-state index is -4.41. The molecular weight excluding hydrogens is 373 g/mol. The number of carbonyl (C=O) groups excluding carboxylic acids is 1. The molecule has 7 nitrogen and oxygen atoms in total. The standard InChI is InChI=1S/C18H17F3N6O/c1-12-22-23-15-6-7-16(24-27(12)15)25-8-10-26(11-9-25)17(28)13-2-4-14(5-3-13)18(19,20)21/h2-7H,8-11H2,1H3. The Bertz CT molecular complexity index is 1010. The molecule has 1 saturated heterocycles. The van der Waals surface area contributed by atoms with Crippen LogP contribution in [-0.2, 0) is 6.18 Å². The van der Waals surface area contributed by atoms with Gasteiger partial charge in [-0.2, -0.15) is 17.7 Å². The highest BCUT2D eigenvalue weighted by molar-refractivity contribution is 5.94. The van der Waals surface area contributed by atoms with Gasteiger partial charge in [-0.05, 0) is 43.3 Å². The number of halogens is 3. The van der Waals surface area contributed by atoms with Gasteiger partial charge in [-0.15, -0.1) is 15.3 Å². The summed E-state index contributed by atoms with van der Waals surface area (Å²) in [5, 5.41) is 12.5. The maximum Gasteiger partial charge on any atom is 0.416 e. The highest BCUT2D eigenvalue weighted by Crippen LogP contribution is 2.29. The number of aryl methyl sites for hydroxylation is 1. The molecule has 28 heavy (non-hydrogen) atoms. The van der Waals surface area contributed by atoms with Crippen molar-refractivity contribution in [3.63, 3.8) is 0 Å². The van der Waals surface area contributed by atoms with E-state index in [-0.39, 0.29) is 11.5 Å². The van der Waals surface area contributed by atoms with Crippen LogP contribution in [0.4, 0.5) is 19.0 Å². The second-order valence-electron chi connectivity index (χ2n) is 6.56. The monoisotopic (exact) mass is 390 g/mol. The number of benzene rings is 1. The van der Waals surface area contributed by atoms with Crippen LogP contribution in [0.5, 0.6) is 0 Å². The molecule has 1 aliphatic rings. The van der Waals surface area contributed by atoms with Crippen molar-refractivity contribution in [1.82, 2.24) is 24.7 Å². The van der Waals surface area contributed by atoms with E-state index >= 15 is 0 Å². The van der Waals surface area contributed by atoms with Crippen LogP contribution in [0.15, 0.2) is 36.4 Å². The van der Waals surface area contributed by atoms with Crippen molar-refractivity contribution in [2.45, 2.75) is 13.1 Å². The van der Waals surface area contributed by atoms with Crippen LogP contribution >= 0.6 is 0 Å². The SMILES string of the molecule is Cc1nnc2ccc(N3CCN(C(=O)c4ccc(C(F)(F)F)cc4)CC3)nn12. The van der Waals surface area contributed by atoms with Gasteiger partial charge in [0.2, 0.25) is 0 Å². The molecule has 3 heterocycles. The zero-order chi connectivity index (χ0) is 19.9. The van der Waals surface area contributed by atoms with Crippen molar-refractivity contribution in [2.75, 3.05) is 31.1 Å². The minimum absolute atomic E-state index is 0.251. The molecule has 10 heteroatoms. The third-order valence-electron chi connectivity index (χ3n) is 4.75. The Hall–Kier alpha value is -3.17. The first-order chi connectivity index (χ1) is 13.3. The molecule has 0 atom stereocenters. The molecule has 1 fully saturated rings. The Morgan fingerprint density at radius 3 is 2.29 bits per heavy atom. The number of alkyl halides is 3. The van der Waals surface area contributed by atoms with Crippen molar-refractivity contribution in [1.29, 1.82) is 0 Å². The van der Waals surface area contributed by atoms with E-state index in [0.717, 1.165) is 18.0 Å². The molecule has 1 aliphatic heterocycles. The summed E-state index contributed by atoms with van der Waals surface area (Å²) in [6.45, 7) is 3.89. The second kappa shape index (κ2) is 6.77. The molecule has 146 valence electrons. The Morgan fingerprint density at radius 1 is 0.964 bits per heavy atom. The van der Waals surface area contributed by atoms with Gasteiger partial charge in [-0.25, -0.2) is 0 Å². The van der Waals surface area contributed by atoms with Crippen LogP contribution < -0.4 is 4.90 Å². The number of anilines is 1. The number of carbonyl (C=O) groups is 1. The van der Waals surface area contributed by atoms with Crippen molar-refractivity contribution in [2.24, 2.45) is 0 Å². The zero-order valence-electron chi connectivity index (χ0n) is 15.0. The van der Waals surface area contributed by atoms with E-state index in [9.17, 15) is 18.0 Å². The van der Waals surface area contributed by atoms with E-state index in [2.05, 4.69) is 20.2 Å². The van der Waals surface area contributed by atoms with E-state index in [1.54, 1.807) is 9.42 Å². The van der Waals surface area contributed by atoms with Crippen molar-refractivity contribution in [3.05, 3.63) is 53.3 Å². The highest BCUT2D eigenvalue weighted by Gasteiger charge is 2.30. The molecule has 0 aliphatic carbocycles. The van der Waals surface area contributed by atoms with Crippen LogP contribution in [0, 0.1) is 6.92 Å². The minimum Gasteiger partial charge on any atom is -0.352 e. The lowest BCUT2D eigenvalue weighted by Gasteiger charge is -2.35. The Balaban J connectivity index is 1.43. The Morgan fingerprint density at radius 2 is 1.64 bits per heavy atom. The maximum absolute atomic E-state index is 12.7. The number of piperazine rings is 1. The molecule has 0 bridgehead atoms. The molecule has 1 amide bonds. The summed E-state index contributed by atoms with van der Waals surface area (Å²) >= 11 is 0. The van der Waals surface area contributed by atoms with Gasteiger partial charge in [0.1, 0.15) is 5.82 Å². The lowest BCUT2D eigenvalue weighted by atomic mass is 10.1. The highest BCUT2D eigenvalue weighted by atomic mass is 19.4. The molecular formula is C18H17F3N6O. The topological polar surface area (TPSA) is 66.6 Å². The summed E-state index contributed by atoms with van der Waals surface area (Å²) in [6, 6.07) is 8.01. The third-order valence-corrected chi connectivity index (χ3v) is 4.75. The molecule has 4 rings (SSSR count). The number of aromatic nitrogens is 4. The average Bonchev–Trinajstić information content (AvgIpc) is 3.07. The average molecular weight is 390 g/mol. The molecule has 0 radical (unpaired) electrons. The summed E-state index contributed by atoms with van der Waals surface area (Å²) in [7, 11) is 0. The lowest BCUT2D eigenvalue weighted by molar-refractivity contribution is -0.137. The van der Waals surface area contributed by atoms with Gasteiger partial charge in [0, 0.05) is 31.7 Å². The summed E-state index contributed by atoms with van der Waals surface area (Å²) in [5.74, 6) is 1.18. The quantitative estimate of drug-likeness (QED) is 0.672. The first-order valence-electron chi connectivity index (χ1n) is 8.73. The lowest BCUT2D eigenvalue weighted by Crippen LogP contribution is -2.49. The fraction of sp³-hybridized carbons (Fsp3) is 0.333. The van der Waals surface area contributed by atoms with Crippen molar-refractivity contribution < 1.29 is 18.0 Å². The second-order valence-corrected chi connectivity index (χ2v) is 6.56. The van der Waals surface area contributed by atoms with E-state index in [1.807, 2.05) is 19.1 Å². The molecule has 0 spiro atoms. The fourth-order valence-corrected chi connectivity index (χ4v) is 3.18. The molecule has 0 saturated carbocycles. The van der Waals surface area contributed by atoms with Gasteiger partial charge in [-0.3, -0.25) is 4.79 Å². The number of rotatable bonds is 2. The van der Waals surface area contributed by atoms with Gasteiger partial charge in [0.25, 0.3) is 5.91 Å². The van der Waals surface area contributed by atoms with Gasteiger partial charge in [-0.1, -0.05) is 0 Å². The Labute approximate surface area is 158 Å². The molecule has 2 aromatic heterocycles. The molecule has 0 N–H and O–H groups in total. The van der Waals surface area contributed by atoms with Crippen LogP contribution in [-0.4, -0.2) is 56.8 Å². The zero-order valence-corrected chi connectivity index (χ0v) is 15.0. The largest absolute Gasteiger partial charge is 0.416 e. The van der Waals surface area contributed by atoms with E-state index in [4.69, 9.17) is 0 Å². The smallest absolute Gasteiger partial charge is 0.352 e. The number of amides is 1. The normalized spacial score (nSPS) is 15.3. The van der Waals surface area contributed by atoms with Crippen LogP contribution in [0.2, 0.25) is 0 Å². The number of fused-ring (bicyclic) bond motifs is 1. The van der Waals surface area contributed by atoms with E-state index in [0.29, 0.717) is 37.7 Å². The molecule has 3 aromatic rings. The maximum atomic E-state index is 12.7. The summed E-state index contributed by atoms with van der Waals surface area (Å²) in [5.41, 5.74) is 0.151. The van der Waals surface area contributed by atoms with Crippen molar-refractivity contribution >= 4 is 17.4 Å². The third kappa shape index (κ3) is 3.37. The van der Waals surface area contributed by atoms with Gasteiger partial charge < -0.3 is 9.80 Å². The van der Waals surface area contributed by atoms with Crippen LogP contribution in [0.3, 0.4) is 0 Å². The van der Waals surface area contributed by atoms with Crippen molar-refractivity contribution in [3.8, 4) is 0 Å². The van der Waals surface area contributed by atoms with Crippen LogP contribution in [0.25, 0.3) is 5.65 Å². The number of nitrogens with zero attached hydrogens (tertiary/aromatic N) is 6. The summed E-state index contributed by atoms with van der Waals surface area (Å²) < 4.78 is 39.7. The Kier molecular flexibility index (Phi) is 4.40. The predicted molar refractivity (Wildman–Crippen MR) is 95.1 cm³/mol. The van der Waals surface area contributed by atoms with E-state index in [1.165, 1.54) is 12.1 Å². The van der Waals surface area contributed by atoms with Gasteiger partial charge in [0.15, 0.2) is 11.5 Å². The first kappa shape index (κ1) is 18.2. The van der Waals surface area contributed by atoms with Crippen LogP contribution in [0.1, 0.15) is 21.7 Å². The predicted octanol–water partition coefficient (Wildman–Crippen LogP) is 2.41. The summed E-state index contributed by atoms with van der Waals surface area (Å²) in [4.78, 5) is 16.3. The number of hydrogen-bond acceptors (Lipinski definition) is 5. The first-order valence-corrected chi connectivity index (χ1v) is 8.73. The molecule has 0 unspecified atom stereocenters. The fourth-order valence-electron chi connectivity index (χ4n) is 3.18. The van der Waals surface area contributed by atoms with Gasteiger partial charge in [0.05, 0.1) is 5.56 Å². The van der Waals surface area contributed by atoms with Gasteiger partial charge >= 0.3 is 6.18 Å². The van der Waals surface area contributed by atoms with E-state index < -0.39 is 11.7 Å². The molecule has 1 aromatic carbocycles. The summed E-state index contributed by atoms with van der Waals surface area (Å²) in [6.07, 6.45) is -4.41. The number of hydrogen-bond donors (Lipinski definition) is 0.